The van der Waals surface area contributed by atoms with E-state index < -0.39 is 0 Å². The first-order valence-corrected chi connectivity index (χ1v) is 36.5. The molecule has 16 bridgehead atoms. The van der Waals surface area contributed by atoms with Gasteiger partial charge in [-0.25, -0.2) is 0 Å². The molecule has 0 N–H and O–H groups in total. The number of fused-ring (bicyclic) bond motifs is 4. The lowest BCUT2D eigenvalue weighted by molar-refractivity contribution is -0.00856. The second kappa shape index (κ2) is 17.9. The van der Waals surface area contributed by atoms with Crippen LogP contribution in [0.5, 0.6) is 0 Å². The first-order chi connectivity index (χ1) is 42.1. The number of benzene rings is 5. The summed E-state index contributed by atoms with van der Waals surface area (Å²) < 4.78 is 5.54. The SMILES string of the molecule is O=c1c2ccc(C3CCCC3)cc2n(-c2c(C34CC5CC(CC(C5)C3)C4)cccc2C23CC4CC(CC(C4)C2)C3)c2cc3c(=O)c4ccc(C5CCCC5)cc4n(-c4c(C56CC7CC(CC(C7)C5)C6)cccc4C45CC6CC(CC(C6)C4)C5)c3cc12. The predicted octanol–water partition coefficient (Wildman–Crippen LogP) is 19.8. The van der Waals surface area contributed by atoms with E-state index in [0.717, 1.165) is 115 Å². The van der Waals surface area contributed by atoms with Crippen molar-refractivity contribution in [1.29, 1.82) is 0 Å². The van der Waals surface area contributed by atoms with Gasteiger partial charge in [-0.15, -0.1) is 0 Å². The summed E-state index contributed by atoms with van der Waals surface area (Å²) in [5.74, 6) is 10.7. The smallest absolute Gasteiger partial charge is 0.197 e. The Labute approximate surface area is 510 Å². The van der Waals surface area contributed by atoms with E-state index in [9.17, 15) is 0 Å². The number of hydrogen-bond donors (Lipinski definition) is 0. The van der Waals surface area contributed by atoms with Crippen molar-refractivity contribution in [3.8, 4) is 11.4 Å². The molecule has 0 unspecified atom stereocenters. The summed E-state index contributed by atoms with van der Waals surface area (Å²) in [5, 5.41) is 3.38. The molecule has 18 aliphatic rings. The number of aromatic nitrogens is 2. The van der Waals surface area contributed by atoms with Gasteiger partial charge in [0.1, 0.15) is 0 Å². The molecule has 18 fully saturated rings. The second-order valence-corrected chi connectivity index (χ2v) is 34.9. The molecule has 18 aliphatic carbocycles. The summed E-state index contributed by atoms with van der Waals surface area (Å²) >= 11 is 0. The van der Waals surface area contributed by atoms with Crippen LogP contribution in [0.2, 0.25) is 0 Å². The zero-order valence-corrected chi connectivity index (χ0v) is 51.5. The molecule has 5 aromatic carbocycles. The van der Waals surface area contributed by atoms with Gasteiger partial charge in [-0.05, 0) is 354 Å². The Morgan fingerprint density at radius 3 is 0.791 bits per heavy atom. The van der Waals surface area contributed by atoms with Gasteiger partial charge in [0.2, 0.25) is 0 Å². The minimum Gasteiger partial charge on any atom is -0.308 e. The van der Waals surface area contributed by atoms with Crippen LogP contribution in [-0.4, -0.2) is 9.13 Å². The third-order valence-corrected chi connectivity index (χ3v) is 29.7. The van der Waals surface area contributed by atoms with E-state index in [2.05, 4.69) is 94.1 Å². The molecule has 0 amide bonds. The van der Waals surface area contributed by atoms with E-state index in [1.54, 1.807) is 22.3 Å². The molecular weight excluding hydrogens is 1040 g/mol. The highest BCUT2D eigenvalue weighted by atomic mass is 16.1. The van der Waals surface area contributed by atoms with Gasteiger partial charge >= 0.3 is 0 Å². The molecule has 2 aromatic heterocycles. The molecule has 7 aromatic rings. The van der Waals surface area contributed by atoms with Gasteiger partial charge < -0.3 is 9.13 Å². The lowest BCUT2D eigenvalue weighted by atomic mass is 9.46. The number of nitrogens with zero attached hydrogens (tertiary/aromatic N) is 2. The molecule has 25 rings (SSSR count). The number of pyridine rings is 2. The van der Waals surface area contributed by atoms with Crippen LogP contribution in [0.4, 0.5) is 0 Å². The van der Waals surface area contributed by atoms with Crippen LogP contribution in [-0.2, 0) is 21.7 Å². The molecule has 442 valence electrons. The first kappa shape index (κ1) is 50.9. The Kier molecular flexibility index (Phi) is 10.6. The Balaban J connectivity index is 0.904. The lowest BCUT2D eigenvalue weighted by Crippen LogP contribution is -2.50. The standard InChI is InChI=1S/C82H92N2O2/c85-77-63-17-15-61(59-7-1-2-8-59)31-71(63)83(75-67(79-35-47-19-48(36-79)21-49(20-47)37-79)11-5-12-68(75)80-38-50-22-51(39-80)24-52(23-50)40-80)73-33-66-74(34-65(73)77)84(72-32-62(60-9-3-4-10-60)16-18-64(72)78(66)86)76-69(81-41-53-25-54(42-81)27-55(26-53)43-81)13-6-14-70(76)82-44-56-28-57(45-82)30-58(29-56)46-82/h5-6,11-18,31-34,47-60H,1-4,7-10,19-30,35-46H2. The molecular formula is C82H92N2O2. The molecule has 4 heteroatoms. The van der Waals surface area contributed by atoms with Gasteiger partial charge in [-0.3, -0.25) is 9.59 Å². The fourth-order valence-corrected chi connectivity index (χ4v) is 28.3. The van der Waals surface area contributed by atoms with Gasteiger partial charge in [0, 0.05) is 21.5 Å². The highest BCUT2D eigenvalue weighted by Gasteiger charge is 2.58. The first-order valence-electron chi connectivity index (χ1n) is 36.5. The zero-order valence-electron chi connectivity index (χ0n) is 51.5. The predicted molar refractivity (Wildman–Crippen MR) is 349 cm³/mol. The van der Waals surface area contributed by atoms with Crippen molar-refractivity contribution in [2.45, 2.75) is 239 Å². The third kappa shape index (κ3) is 7.17. The summed E-state index contributed by atoms with van der Waals surface area (Å²) in [4.78, 5) is 33.4. The van der Waals surface area contributed by atoms with Crippen LogP contribution >= 0.6 is 0 Å². The van der Waals surface area contributed by atoms with Crippen LogP contribution in [0.25, 0.3) is 55.0 Å². The molecule has 86 heavy (non-hydrogen) atoms. The second-order valence-electron chi connectivity index (χ2n) is 34.9. The molecule has 0 radical (unpaired) electrons. The summed E-state index contributed by atoms with van der Waals surface area (Å²) in [6, 6.07) is 34.8. The highest BCUT2D eigenvalue weighted by Crippen LogP contribution is 2.68. The van der Waals surface area contributed by atoms with E-state index in [1.165, 1.54) is 228 Å². The van der Waals surface area contributed by atoms with Crippen molar-refractivity contribution >= 4 is 43.6 Å². The fourth-order valence-electron chi connectivity index (χ4n) is 28.3. The molecule has 2 heterocycles. The molecule has 0 spiro atoms. The van der Waals surface area contributed by atoms with Crippen molar-refractivity contribution in [2.75, 3.05) is 0 Å². The Morgan fingerprint density at radius 2 is 0.535 bits per heavy atom. The van der Waals surface area contributed by atoms with E-state index in [-0.39, 0.29) is 32.5 Å². The summed E-state index contributed by atoms with van der Waals surface area (Å²) in [7, 11) is 0. The molecule has 0 atom stereocenters. The van der Waals surface area contributed by atoms with Gasteiger partial charge in [0.15, 0.2) is 10.9 Å². The maximum absolute atomic E-state index is 16.7. The summed E-state index contributed by atoms with van der Waals surface area (Å²) in [6.45, 7) is 0. The van der Waals surface area contributed by atoms with Crippen molar-refractivity contribution in [1.82, 2.24) is 9.13 Å². The fraction of sp³-hybridized carbons (Fsp3) is 0.610. The van der Waals surface area contributed by atoms with Crippen LogP contribution in [0, 0.1) is 71.0 Å². The lowest BCUT2D eigenvalue weighted by Gasteiger charge is -2.59. The van der Waals surface area contributed by atoms with Gasteiger partial charge in [0.25, 0.3) is 0 Å². The largest absolute Gasteiger partial charge is 0.308 e. The minimum absolute atomic E-state index is 0.124. The van der Waals surface area contributed by atoms with Crippen molar-refractivity contribution in [3.63, 3.8) is 0 Å². The molecule has 4 nitrogen and oxygen atoms in total. The van der Waals surface area contributed by atoms with Crippen molar-refractivity contribution < 1.29 is 0 Å². The molecule has 0 aliphatic heterocycles. The van der Waals surface area contributed by atoms with Gasteiger partial charge in [0.05, 0.1) is 33.4 Å². The Bertz CT molecular complexity index is 3650. The van der Waals surface area contributed by atoms with Crippen molar-refractivity contribution in [2.24, 2.45) is 71.0 Å². The quantitative estimate of drug-likeness (QED) is 0.142. The van der Waals surface area contributed by atoms with E-state index in [4.69, 9.17) is 0 Å². The molecule has 18 saturated carbocycles. The van der Waals surface area contributed by atoms with Crippen LogP contribution < -0.4 is 10.9 Å². The maximum atomic E-state index is 16.7. The topological polar surface area (TPSA) is 44.0 Å². The minimum atomic E-state index is 0.124. The Morgan fingerprint density at radius 1 is 0.291 bits per heavy atom. The maximum Gasteiger partial charge on any atom is 0.197 e. The summed E-state index contributed by atoms with van der Waals surface area (Å²) in [6.07, 6.45) is 42.7. The number of rotatable bonds is 8. The normalized spacial score (nSPS) is 39.7. The van der Waals surface area contributed by atoms with E-state index >= 15 is 9.59 Å². The van der Waals surface area contributed by atoms with Crippen LogP contribution in [0.1, 0.15) is 251 Å². The van der Waals surface area contributed by atoms with E-state index in [1.807, 2.05) is 0 Å². The van der Waals surface area contributed by atoms with E-state index in [0.29, 0.717) is 11.8 Å². The number of para-hydroxylation sites is 2. The zero-order chi connectivity index (χ0) is 56.2. The third-order valence-electron chi connectivity index (χ3n) is 29.7. The Hall–Kier alpha value is -4.96. The van der Waals surface area contributed by atoms with Crippen LogP contribution in [0.3, 0.4) is 0 Å². The van der Waals surface area contributed by atoms with Gasteiger partial charge in [-0.1, -0.05) is 74.2 Å². The van der Waals surface area contributed by atoms with Crippen molar-refractivity contribution in [3.05, 3.63) is 139 Å². The molecule has 0 saturated heterocycles. The average molecular weight is 1140 g/mol. The number of hydrogen-bond acceptors (Lipinski definition) is 2. The summed E-state index contributed by atoms with van der Waals surface area (Å²) in [5.41, 5.74) is 17.1. The highest BCUT2D eigenvalue weighted by molar-refractivity contribution is 6.06. The van der Waals surface area contributed by atoms with Gasteiger partial charge in [-0.2, -0.15) is 0 Å². The average Bonchev–Trinajstić information content (AvgIpc) is 0.740. The monoisotopic (exact) mass is 1140 g/mol. The van der Waals surface area contributed by atoms with Crippen LogP contribution in [0.15, 0.2) is 94.5 Å².